The van der Waals surface area contributed by atoms with Gasteiger partial charge in [-0.15, -0.1) is 0 Å². The molecule has 0 N–H and O–H groups in total. The molecule has 2 fully saturated rings. The van der Waals surface area contributed by atoms with E-state index in [1.54, 1.807) is 12.1 Å². The van der Waals surface area contributed by atoms with E-state index in [0.717, 1.165) is 37.1 Å². The molecule has 1 saturated heterocycles. The lowest BCUT2D eigenvalue weighted by Gasteiger charge is -2.51. The molecular weight excluding hydrogens is 343 g/mol. The van der Waals surface area contributed by atoms with Crippen molar-refractivity contribution in [1.82, 2.24) is 9.78 Å². The first kappa shape index (κ1) is 17.1. The molecule has 4 nitrogen and oxygen atoms in total. The van der Waals surface area contributed by atoms with Crippen molar-refractivity contribution in [2.75, 3.05) is 0 Å². The average Bonchev–Trinajstić information content (AvgIpc) is 3.16. The summed E-state index contributed by atoms with van der Waals surface area (Å²) in [7, 11) is 0. The Kier molecular flexibility index (Phi) is 3.66. The summed E-state index contributed by atoms with van der Waals surface area (Å²) < 4.78 is 28.1. The Labute approximate surface area is 159 Å². The van der Waals surface area contributed by atoms with Crippen LogP contribution in [0, 0.1) is 11.2 Å². The standard InChI is InChI=1S/C22H25FN2O2/c1-14-15(2)27-22(26-14)10-4-5-17-11-20-16(12-21(17,22)3)13-24-25(20)19-8-6-18(23)7-9-19/h6-9,11,13-15H,4-5,10,12H2,1-3H3/t14-,15-,21+/m0/s1. The SMILES string of the molecule is C[C@@H]1OC2(CCCC3=Cc4c(cnn4-c4ccc(F)cc4)C[C@]32C)O[C@H]1C. The van der Waals surface area contributed by atoms with Gasteiger partial charge in [-0.3, -0.25) is 0 Å². The van der Waals surface area contributed by atoms with Crippen LogP contribution in [0.25, 0.3) is 11.8 Å². The number of ether oxygens (including phenoxy) is 2. The van der Waals surface area contributed by atoms with E-state index in [9.17, 15) is 4.39 Å². The van der Waals surface area contributed by atoms with Crippen molar-refractivity contribution in [1.29, 1.82) is 0 Å². The lowest BCUT2D eigenvalue weighted by atomic mass is 9.62. The van der Waals surface area contributed by atoms with Gasteiger partial charge in [0.25, 0.3) is 0 Å². The van der Waals surface area contributed by atoms with Crippen LogP contribution >= 0.6 is 0 Å². The molecule has 1 aliphatic heterocycles. The summed E-state index contributed by atoms with van der Waals surface area (Å²) in [5, 5.41) is 4.60. The number of hydrogen-bond donors (Lipinski definition) is 0. The van der Waals surface area contributed by atoms with Gasteiger partial charge < -0.3 is 9.47 Å². The van der Waals surface area contributed by atoms with E-state index in [1.807, 2.05) is 10.9 Å². The Morgan fingerprint density at radius 1 is 1.15 bits per heavy atom. The monoisotopic (exact) mass is 368 g/mol. The fourth-order valence-electron chi connectivity index (χ4n) is 5.00. The molecule has 2 heterocycles. The van der Waals surface area contributed by atoms with E-state index in [-0.39, 0.29) is 23.4 Å². The minimum absolute atomic E-state index is 0.101. The van der Waals surface area contributed by atoms with Crippen molar-refractivity contribution in [3.63, 3.8) is 0 Å². The Bertz CT molecular complexity index is 907. The molecule has 0 amide bonds. The lowest BCUT2D eigenvalue weighted by Crippen LogP contribution is -2.53. The second kappa shape index (κ2) is 5.76. The first-order chi connectivity index (χ1) is 12.9. The molecule has 1 saturated carbocycles. The van der Waals surface area contributed by atoms with Gasteiger partial charge in [0.1, 0.15) is 5.82 Å². The Morgan fingerprint density at radius 2 is 1.85 bits per heavy atom. The third kappa shape index (κ3) is 2.38. The number of fused-ring (bicyclic) bond motifs is 3. The zero-order chi connectivity index (χ0) is 18.8. The zero-order valence-corrected chi connectivity index (χ0v) is 16.0. The van der Waals surface area contributed by atoms with Gasteiger partial charge in [0.15, 0.2) is 5.79 Å². The molecule has 0 unspecified atom stereocenters. The van der Waals surface area contributed by atoms with Crippen molar-refractivity contribution in [2.45, 2.75) is 64.4 Å². The molecule has 3 aliphatic rings. The molecule has 27 heavy (non-hydrogen) atoms. The van der Waals surface area contributed by atoms with Crippen LogP contribution < -0.4 is 0 Å². The third-order valence-corrected chi connectivity index (χ3v) is 6.73. The summed E-state index contributed by atoms with van der Waals surface area (Å²) in [6, 6.07) is 6.48. The topological polar surface area (TPSA) is 36.3 Å². The van der Waals surface area contributed by atoms with Crippen LogP contribution in [0.2, 0.25) is 0 Å². The van der Waals surface area contributed by atoms with Crippen LogP contribution in [0.1, 0.15) is 51.3 Å². The fraction of sp³-hybridized carbons (Fsp3) is 0.500. The van der Waals surface area contributed by atoms with Gasteiger partial charge in [0.05, 0.1) is 29.8 Å². The van der Waals surface area contributed by atoms with Crippen LogP contribution in [0.5, 0.6) is 0 Å². The number of nitrogens with zero attached hydrogens (tertiary/aromatic N) is 2. The predicted octanol–water partition coefficient (Wildman–Crippen LogP) is 4.66. The summed E-state index contributed by atoms with van der Waals surface area (Å²) in [4.78, 5) is 0. The van der Waals surface area contributed by atoms with Gasteiger partial charge in [-0.05, 0) is 69.0 Å². The van der Waals surface area contributed by atoms with E-state index in [4.69, 9.17) is 9.47 Å². The quantitative estimate of drug-likeness (QED) is 0.734. The van der Waals surface area contributed by atoms with Crippen molar-refractivity contribution in [3.8, 4) is 5.69 Å². The number of halogens is 1. The Hall–Kier alpha value is -1.98. The maximum Gasteiger partial charge on any atom is 0.178 e. The van der Waals surface area contributed by atoms with Gasteiger partial charge in [0.2, 0.25) is 0 Å². The van der Waals surface area contributed by atoms with Crippen molar-refractivity contribution >= 4 is 6.08 Å². The van der Waals surface area contributed by atoms with Gasteiger partial charge in [-0.25, -0.2) is 9.07 Å². The molecule has 3 atom stereocenters. The van der Waals surface area contributed by atoms with Crippen LogP contribution in [-0.4, -0.2) is 27.8 Å². The Balaban J connectivity index is 1.58. The van der Waals surface area contributed by atoms with E-state index in [1.165, 1.54) is 23.3 Å². The minimum Gasteiger partial charge on any atom is -0.343 e. The highest BCUT2D eigenvalue weighted by atomic mass is 19.1. The maximum absolute atomic E-state index is 13.3. The summed E-state index contributed by atoms with van der Waals surface area (Å²) in [5.41, 5.74) is 4.33. The third-order valence-electron chi connectivity index (χ3n) is 6.73. The highest BCUT2D eigenvalue weighted by Gasteiger charge is 2.60. The van der Waals surface area contributed by atoms with Gasteiger partial charge >= 0.3 is 0 Å². The van der Waals surface area contributed by atoms with E-state index in [0.29, 0.717) is 0 Å². The van der Waals surface area contributed by atoms with Crippen LogP contribution in [-0.2, 0) is 15.9 Å². The first-order valence-electron chi connectivity index (χ1n) is 9.81. The summed E-state index contributed by atoms with van der Waals surface area (Å²) in [6.45, 7) is 6.48. The van der Waals surface area contributed by atoms with Crippen LogP contribution in [0.15, 0.2) is 36.0 Å². The van der Waals surface area contributed by atoms with Crippen molar-refractivity contribution in [2.24, 2.45) is 5.41 Å². The molecule has 5 rings (SSSR count). The smallest absolute Gasteiger partial charge is 0.178 e. The molecule has 2 aliphatic carbocycles. The zero-order valence-electron chi connectivity index (χ0n) is 16.0. The highest BCUT2D eigenvalue weighted by Crippen LogP contribution is 2.58. The number of hydrogen-bond acceptors (Lipinski definition) is 3. The summed E-state index contributed by atoms with van der Waals surface area (Å²) in [5.74, 6) is -0.787. The van der Waals surface area contributed by atoms with E-state index < -0.39 is 5.79 Å². The second-order valence-corrected chi connectivity index (χ2v) is 8.37. The normalized spacial score (nSPS) is 31.5. The number of benzene rings is 1. The summed E-state index contributed by atoms with van der Waals surface area (Å²) >= 11 is 0. The molecule has 1 spiro atoms. The minimum atomic E-state index is -0.550. The van der Waals surface area contributed by atoms with Gasteiger partial charge in [0, 0.05) is 11.8 Å². The highest BCUT2D eigenvalue weighted by molar-refractivity contribution is 5.62. The number of aromatic nitrogens is 2. The van der Waals surface area contributed by atoms with Crippen LogP contribution in [0.3, 0.4) is 0 Å². The fourth-order valence-corrected chi connectivity index (χ4v) is 5.00. The van der Waals surface area contributed by atoms with Crippen molar-refractivity contribution in [3.05, 3.63) is 53.1 Å². The molecule has 1 aromatic carbocycles. The molecule has 2 aromatic rings. The Morgan fingerprint density at radius 3 is 2.56 bits per heavy atom. The molecule has 5 heteroatoms. The molecular formula is C22H25FN2O2. The molecule has 0 radical (unpaired) electrons. The molecule has 142 valence electrons. The maximum atomic E-state index is 13.3. The first-order valence-corrected chi connectivity index (χ1v) is 9.81. The van der Waals surface area contributed by atoms with Gasteiger partial charge in [-0.2, -0.15) is 5.10 Å². The van der Waals surface area contributed by atoms with Crippen LogP contribution in [0.4, 0.5) is 4.39 Å². The predicted molar refractivity (Wildman–Crippen MR) is 101 cm³/mol. The van der Waals surface area contributed by atoms with Gasteiger partial charge in [-0.1, -0.05) is 12.5 Å². The largest absolute Gasteiger partial charge is 0.343 e. The number of rotatable bonds is 1. The van der Waals surface area contributed by atoms with E-state index >= 15 is 0 Å². The summed E-state index contributed by atoms with van der Waals surface area (Å²) in [6.07, 6.45) is 8.26. The second-order valence-electron chi connectivity index (χ2n) is 8.37. The van der Waals surface area contributed by atoms with Crippen molar-refractivity contribution < 1.29 is 13.9 Å². The molecule has 1 aromatic heterocycles. The van der Waals surface area contributed by atoms with E-state index in [2.05, 4.69) is 31.9 Å². The molecule has 0 bridgehead atoms. The lowest BCUT2D eigenvalue weighted by molar-refractivity contribution is -0.246. The average molecular weight is 368 g/mol.